The van der Waals surface area contributed by atoms with Crippen LogP contribution in [-0.4, -0.2) is 54.1 Å². The lowest BCUT2D eigenvalue weighted by Crippen LogP contribution is -2.52. The molecule has 0 saturated carbocycles. The number of piperazine rings is 1. The summed E-state index contributed by atoms with van der Waals surface area (Å²) >= 11 is 0. The molecule has 1 saturated heterocycles. The van der Waals surface area contributed by atoms with Crippen molar-refractivity contribution in [1.29, 1.82) is 0 Å². The van der Waals surface area contributed by atoms with Crippen molar-refractivity contribution in [2.75, 3.05) is 33.2 Å². The molecule has 0 unspecified atom stereocenters. The molecule has 2 aromatic heterocycles. The van der Waals surface area contributed by atoms with Gasteiger partial charge >= 0.3 is 0 Å². The van der Waals surface area contributed by atoms with Gasteiger partial charge in [0.05, 0.1) is 18.2 Å². The van der Waals surface area contributed by atoms with Gasteiger partial charge in [-0.1, -0.05) is 5.16 Å². The van der Waals surface area contributed by atoms with Crippen molar-refractivity contribution in [1.82, 2.24) is 20.3 Å². The van der Waals surface area contributed by atoms with Crippen molar-refractivity contribution in [2.24, 2.45) is 4.99 Å². The molecule has 0 amide bonds. The van der Waals surface area contributed by atoms with Crippen LogP contribution in [0.1, 0.15) is 11.3 Å². The Balaban J connectivity index is 1.46. The van der Waals surface area contributed by atoms with E-state index in [1.165, 1.54) is 0 Å². The Hall–Kier alpha value is -2.28. The first kappa shape index (κ1) is 14.6. The molecular formula is C15H21N5O2. The molecule has 22 heavy (non-hydrogen) atoms. The fourth-order valence-electron chi connectivity index (χ4n) is 2.57. The maximum absolute atomic E-state index is 5.08. The van der Waals surface area contributed by atoms with Crippen LogP contribution in [0.3, 0.4) is 0 Å². The minimum absolute atomic E-state index is 0.725. The van der Waals surface area contributed by atoms with E-state index < -0.39 is 0 Å². The number of furan rings is 1. The van der Waals surface area contributed by atoms with Gasteiger partial charge in [-0.2, -0.15) is 0 Å². The zero-order valence-electron chi connectivity index (χ0n) is 12.7. The molecule has 2 aromatic rings. The fourth-order valence-corrected chi connectivity index (χ4v) is 2.57. The first-order chi connectivity index (χ1) is 10.8. The molecule has 1 N–H and O–H groups in total. The number of aliphatic imine (C=N–C) groups is 1. The van der Waals surface area contributed by atoms with Crippen LogP contribution < -0.4 is 5.32 Å². The van der Waals surface area contributed by atoms with Crippen LogP contribution in [0.5, 0.6) is 0 Å². The highest BCUT2D eigenvalue weighted by atomic mass is 16.5. The van der Waals surface area contributed by atoms with E-state index in [4.69, 9.17) is 8.94 Å². The van der Waals surface area contributed by atoms with Crippen molar-refractivity contribution >= 4 is 5.96 Å². The Kier molecular flexibility index (Phi) is 4.75. The lowest BCUT2D eigenvalue weighted by molar-refractivity contribution is 0.169. The summed E-state index contributed by atoms with van der Waals surface area (Å²) in [6.07, 6.45) is 5.05. The second-order valence-electron chi connectivity index (χ2n) is 5.29. The van der Waals surface area contributed by atoms with Crippen LogP contribution in [0.2, 0.25) is 0 Å². The van der Waals surface area contributed by atoms with Crippen molar-refractivity contribution < 1.29 is 8.94 Å². The van der Waals surface area contributed by atoms with E-state index in [9.17, 15) is 0 Å². The molecule has 0 bridgehead atoms. The van der Waals surface area contributed by atoms with Crippen LogP contribution in [-0.2, 0) is 13.1 Å². The third-order valence-electron chi connectivity index (χ3n) is 3.79. The summed E-state index contributed by atoms with van der Waals surface area (Å²) in [6.45, 7) is 5.43. The second kappa shape index (κ2) is 7.13. The molecule has 0 spiro atoms. The molecule has 0 aliphatic carbocycles. The first-order valence-electron chi connectivity index (χ1n) is 7.43. The summed E-state index contributed by atoms with van der Waals surface area (Å²) < 4.78 is 9.95. The third kappa shape index (κ3) is 3.67. The Morgan fingerprint density at radius 3 is 2.77 bits per heavy atom. The molecule has 1 aliphatic heterocycles. The van der Waals surface area contributed by atoms with Crippen LogP contribution in [0, 0.1) is 0 Å². The summed E-state index contributed by atoms with van der Waals surface area (Å²) in [4.78, 5) is 9.02. The fraction of sp³-hybridized carbons (Fsp3) is 0.467. The molecular weight excluding hydrogens is 282 g/mol. The number of hydrogen-bond acceptors (Lipinski definition) is 5. The van der Waals surface area contributed by atoms with E-state index in [1.54, 1.807) is 18.8 Å². The summed E-state index contributed by atoms with van der Waals surface area (Å²) in [6, 6.07) is 3.87. The van der Waals surface area contributed by atoms with Gasteiger partial charge in [-0.15, -0.1) is 0 Å². The summed E-state index contributed by atoms with van der Waals surface area (Å²) in [5.74, 6) is 0.933. The molecule has 0 aromatic carbocycles. The largest absolute Gasteiger partial charge is 0.472 e. The van der Waals surface area contributed by atoms with Gasteiger partial charge in [0.1, 0.15) is 6.26 Å². The Bertz CT molecular complexity index is 571. The normalized spacial score (nSPS) is 17.0. The predicted octanol–water partition coefficient (Wildman–Crippen LogP) is 1.16. The van der Waals surface area contributed by atoms with Gasteiger partial charge in [-0.05, 0) is 6.07 Å². The van der Waals surface area contributed by atoms with Crippen LogP contribution in [0.4, 0.5) is 0 Å². The van der Waals surface area contributed by atoms with E-state index in [-0.39, 0.29) is 0 Å². The number of rotatable bonds is 4. The monoisotopic (exact) mass is 303 g/mol. The summed E-state index contributed by atoms with van der Waals surface area (Å²) in [7, 11) is 1.82. The van der Waals surface area contributed by atoms with E-state index in [0.29, 0.717) is 0 Å². The lowest BCUT2D eigenvalue weighted by atomic mass is 10.3. The third-order valence-corrected chi connectivity index (χ3v) is 3.79. The minimum Gasteiger partial charge on any atom is -0.472 e. The molecule has 1 aliphatic rings. The zero-order chi connectivity index (χ0) is 15.2. The molecule has 7 heteroatoms. The highest BCUT2D eigenvalue weighted by Crippen LogP contribution is 2.07. The van der Waals surface area contributed by atoms with E-state index >= 15 is 0 Å². The second-order valence-corrected chi connectivity index (χ2v) is 5.29. The van der Waals surface area contributed by atoms with E-state index in [1.807, 2.05) is 19.2 Å². The number of nitrogens with zero attached hydrogens (tertiary/aromatic N) is 4. The quantitative estimate of drug-likeness (QED) is 0.675. The summed E-state index contributed by atoms with van der Waals surface area (Å²) in [5, 5.41) is 7.34. The smallest absolute Gasteiger partial charge is 0.194 e. The Morgan fingerprint density at radius 1 is 1.27 bits per heavy atom. The zero-order valence-corrected chi connectivity index (χ0v) is 12.7. The van der Waals surface area contributed by atoms with Gasteiger partial charge in [0.25, 0.3) is 0 Å². The molecule has 1 fully saturated rings. The maximum Gasteiger partial charge on any atom is 0.194 e. The highest BCUT2D eigenvalue weighted by molar-refractivity contribution is 5.79. The first-order valence-corrected chi connectivity index (χ1v) is 7.43. The highest BCUT2D eigenvalue weighted by Gasteiger charge is 2.20. The molecule has 7 nitrogen and oxygen atoms in total. The molecule has 3 rings (SSSR count). The van der Waals surface area contributed by atoms with Crippen molar-refractivity contribution in [3.05, 3.63) is 42.2 Å². The average Bonchev–Trinajstić information content (AvgIpc) is 3.23. The Morgan fingerprint density at radius 2 is 2.14 bits per heavy atom. The number of hydrogen-bond donors (Lipinski definition) is 1. The van der Waals surface area contributed by atoms with Crippen LogP contribution in [0.15, 0.2) is 44.9 Å². The minimum atomic E-state index is 0.725. The number of guanidine groups is 1. The predicted molar refractivity (Wildman–Crippen MR) is 82.3 cm³/mol. The number of nitrogens with one attached hydrogen (secondary N) is 1. The lowest BCUT2D eigenvalue weighted by Gasteiger charge is -2.36. The number of aromatic nitrogens is 1. The van der Waals surface area contributed by atoms with Gasteiger partial charge in [0, 0.05) is 57.9 Å². The Labute approximate surface area is 129 Å². The van der Waals surface area contributed by atoms with Crippen molar-refractivity contribution in [3.8, 4) is 0 Å². The molecule has 118 valence electrons. The van der Waals surface area contributed by atoms with Gasteiger partial charge < -0.3 is 19.2 Å². The van der Waals surface area contributed by atoms with Gasteiger partial charge in [-0.25, -0.2) is 0 Å². The van der Waals surface area contributed by atoms with Gasteiger partial charge in [0.2, 0.25) is 0 Å². The van der Waals surface area contributed by atoms with E-state index in [2.05, 4.69) is 25.3 Å². The van der Waals surface area contributed by atoms with Gasteiger partial charge in [-0.3, -0.25) is 9.89 Å². The van der Waals surface area contributed by atoms with Crippen LogP contribution in [0.25, 0.3) is 0 Å². The topological polar surface area (TPSA) is 70.0 Å². The molecule has 3 heterocycles. The van der Waals surface area contributed by atoms with E-state index in [0.717, 1.165) is 56.5 Å². The SMILES string of the molecule is CN=C(NCc1ccoc1)N1CCN(Cc2ccon2)CC1. The van der Waals surface area contributed by atoms with Crippen LogP contribution >= 0.6 is 0 Å². The summed E-state index contributed by atoms with van der Waals surface area (Å²) in [5.41, 5.74) is 2.10. The molecule has 0 atom stereocenters. The average molecular weight is 303 g/mol. The van der Waals surface area contributed by atoms with Crippen molar-refractivity contribution in [3.63, 3.8) is 0 Å². The van der Waals surface area contributed by atoms with Gasteiger partial charge in [0.15, 0.2) is 5.96 Å². The maximum atomic E-state index is 5.08. The molecule has 0 radical (unpaired) electrons. The standard InChI is InChI=1S/C15H21N5O2/c1-16-15(17-10-13-2-8-21-12-13)20-6-4-19(5-7-20)11-14-3-9-22-18-14/h2-3,8-9,12H,4-7,10-11H2,1H3,(H,16,17). The van der Waals surface area contributed by atoms with Crippen molar-refractivity contribution in [2.45, 2.75) is 13.1 Å².